The van der Waals surface area contributed by atoms with Crippen LogP contribution in [0.25, 0.3) is 0 Å². The summed E-state index contributed by atoms with van der Waals surface area (Å²) in [4.78, 5) is 10.9. The lowest BCUT2D eigenvalue weighted by molar-refractivity contribution is 0.0697. The van der Waals surface area contributed by atoms with E-state index in [1.807, 2.05) is 0 Å². The summed E-state index contributed by atoms with van der Waals surface area (Å²) in [5, 5.41) is 19.3. The molecule has 0 aliphatic rings. The van der Waals surface area contributed by atoms with Crippen molar-refractivity contribution in [1.82, 2.24) is 10.2 Å². The maximum atomic E-state index is 12.7. The maximum absolute atomic E-state index is 12.7. The van der Waals surface area contributed by atoms with E-state index in [0.29, 0.717) is 13.0 Å². The molecule has 0 amide bonds. The average Bonchev–Trinajstić information content (AvgIpc) is 2.41. The number of carbonyl (C=O) groups is 1. The Morgan fingerprint density at radius 1 is 1.26 bits per heavy atom. The minimum Gasteiger partial charge on any atom is -0.478 e. The van der Waals surface area contributed by atoms with Crippen molar-refractivity contribution >= 4 is 11.8 Å². The standard InChI is InChI=1S/C13H12FN3O2/c14-10-3-1-9(2-4-10)5-7-15-12-11(13(18)19)6-8-16-17-12/h1-4,6,8H,5,7H2,(H,15,17)(H,18,19). The molecule has 0 unspecified atom stereocenters. The van der Waals surface area contributed by atoms with Gasteiger partial charge < -0.3 is 10.4 Å². The van der Waals surface area contributed by atoms with Crippen LogP contribution in [0, 0.1) is 5.82 Å². The number of carboxylic acid groups (broad SMARTS) is 1. The van der Waals surface area contributed by atoms with E-state index in [1.165, 1.54) is 24.4 Å². The fourth-order valence-electron chi connectivity index (χ4n) is 1.61. The Labute approximate surface area is 109 Å². The second-order valence-electron chi connectivity index (χ2n) is 3.90. The molecule has 5 nitrogen and oxygen atoms in total. The third kappa shape index (κ3) is 3.48. The molecule has 0 spiro atoms. The third-order valence-corrected chi connectivity index (χ3v) is 2.57. The second kappa shape index (κ2) is 5.90. The molecule has 2 N–H and O–H groups in total. The van der Waals surface area contributed by atoms with Gasteiger partial charge in [-0.1, -0.05) is 12.1 Å². The molecule has 1 aromatic heterocycles. The Kier molecular flexibility index (Phi) is 4.02. The Hall–Kier alpha value is -2.50. The molecule has 1 heterocycles. The van der Waals surface area contributed by atoms with E-state index in [-0.39, 0.29) is 17.2 Å². The minimum absolute atomic E-state index is 0.0779. The number of hydrogen-bond acceptors (Lipinski definition) is 4. The van der Waals surface area contributed by atoms with Crippen LogP contribution in [0.15, 0.2) is 36.5 Å². The summed E-state index contributed by atoms with van der Waals surface area (Å²) < 4.78 is 12.7. The minimum atomic E-state index is -1.06. The first kappa shape index (κ1) is 12.9. The number of benzene rings is 1. The van der Waals surface area contributed by atoms with Crippen LogP contribution in [0.2, 0.25) is 0 Å². The zero-order valence-electron chi connectivity index (χ0n) is 10.0. The molecule has 0 aliphatic carbocycles. The number of anilines is 1. The lowest BCUT2D eigenvalue weighted by atomic mass is 10.1. The van der Waals surface area contributed by atoms with Crippen molar-refractivity contribution in [3.8, 4) is 0 Å². The number of carboxylic acids is 1. The Balaban J connectivity index is 1.96. The maximum Gasteiger partial charge on any atom is 0.339 e. The number of hydrogen-bond donors (Lipinski definition) is 2. The number of nitrogens with zero attached hydrogens (tertiary/aromatic N) is 2. The van der Waals surface area contributed by atoms with E-state index in [4.69, 9.17) is 5.11 Å². The van der Waals surface area contributed by atoms with Crippen LogP contribution in [0.3, 0.4) is 0 Å². The average molecular weight is 261 g/mol. The van der Waals surface area contributed by atoms with E-state index in [9.17, 15) is 9.18 Å². The number of halogens is 1. The largest absolute Gasteiger partial charge is 0.478 e. The molecule has 0 aliphatic heterocycles. The first-order chi connectivity index (χ1) is 9.16. The summed E-state index contributed by atoms with van der Waals surface area (Å²) >= 11 is 0. The molecule has 0 fully saturated rings. The SMILES string of the molecule is O=C(O)c1ccnnc1NCCc1ccc(F)cc1. The molecule has 98 valence electrons. The zero-order valence-corrected chi connectivity index (χ0v) is 10.0. The first-order valence-electron chi connectivity index (χ1n) is 5.70. The van der Waals surface area contributed by atoms with Crippen LogP contribution < -0.4 is 5.32 Å². The Bertz CT molecular complexity index is 572. The molecule has 0 saturated carbocycles. The van der Waals surface area contributed by atoms with E-state index in [2.05, 4.69) is 15.5 Å². The fourth-order valence-corrected chi connectivity index (χ4v) is 1.61. The molecule has 2 aromatic rings. The van der Waals surface area contributed by atoms with Crippen LogP contribution >= 0.6 is 0 Å². The van der Waals surface area contributed by atoms with Crippen molar-refractivity contribution in [2.45, 2.75) is 6.42 Å². The highest BCUT2D eigenvalue weighted by Crippen LogP contribution is 2.10. The van der Waals surface area contributed by atoms with Gasteiger partial charge in [-0.15, -0.1) is 5.10 Å². The van der Waals surface area contributed by atoms with E-state index in [1.54, 1.807) is 12.1 Å². The first-order valence-corrected chi connectivity index (χ1v) is 5.70. The normalized spacial score (nSPS) is 10.2. The van der Waals surface area contributed by atoms with Crippen LogP contribution in [-0.4, -0.2) is 27.8 Å². The van der Waals surface area contributed by atoms with Crippen LogP contribution in [0.1, 0.15) is 15.9 Å². The fraction of sp³-hybridized carbons (Fsp3) is 0.154. The molecule has 0 bridgehead atoms. The van der Waals surface area contributed by atoms with Gasteiger partial charge in [-0.25, -0.2) is 9.18 Å². The highest BCUT2D eigenvalue weighted by Gasteiger charge is 2.10. The van der Waals surface area contributed by atoms with Gasteiger partial charge >= 0.3 is 5.97 Å². The molecule has 2 rings (SSSR count). The van der Waals surface area contributed by atoms with E-state index >= 15 is 0 Å². The summed E-state index contributed by atoms with van der Waals surface area (Å²) in [5.74, 6) is -1.10. The highest BCUT2D eigenvalue weighted by molar-refractivity contribution is 5.92. The van der Waals surface area contributed by atoms with Crippen LogP contribution in [0.5, 0.6) is 0 Å². The Morgan fingerprint density at radius 2 is 2.00 bits per heavy atom. The summed E-state index contributed by atoms with van der Waals surface area (Å²) in [6.45, 7) is 0.491. The molecule has 19 heavy (non-hydrogen) atoms. The summed E-state index contributed by atoms with van der Waals surface area (Å²) in [7, 11) is 0. The second-order valence-corrected chi connectivity index (χ2v) is 3.90. The van der Waals surface area contributed by atoms with Gasteiger partial charge in [0.2, 0.25) is 0 Å². The van der Waals surface area contributed by atoms with Crippen molar-refractivity contribution in [2.24, 2.45) is 0 Å². The van der Waals surface area contributed by atoms with Crippen molar-refractivity contribution in [3.05, 3.63) is 53.5 Å². The van der Waals surface area contributed by atoms with Gasteiger partial charge in [0.15, 0.2) is 5.82 Å². The molecule has 6 heteroatoms. The molecule has 0 radical (unpaired) electrons. The van der Waals surface area contributed by atoms with Crippen molar-refractivity contribution in [2.75, 3.05) is 11.9 Å². The van der Waals surface area contributed by atoms with Gasteiger partial charge in [0, 0.05) is 6.54 Å². The van der Waals surface area contributed by atoms with E-state index in [0.717, 1.165) is 5.56 Å². The van der Waals surface area contributed by atoms with Gasteiger partial charge in [0.1, 0.15) is 11.4 Å². The zero-order chi connectivity index (χ0) is 13.7. The van der Waals surface area contributed by atoms with Gasteiger partial charge in [-0.3, -0.25) is 0 Å². The summed E-state index contributed by atoms with van der Waals surface area (Å²) in [6.07, 6.45) is 1.96. The van der Waals surface area contributed by atoms with Gasteiger partial charge in [0.25, 0.3) is 0 Å². The smallest absolute Gasteiger partial charge is 0.339 e. The molecular weight excluding hydrogens is 249 g/mol. The number of aromatic carboxylic acids is 1. The molecule has 1 aromatic carbocycles. The van der Waals surface area contributed by atoms with Crippen molar-refractivity contribution < 1.29 is 14.3 Å². The Morgan fingerprint density at radius 3 is 2.68 bits per heavy atom. The highest BCUT2D eigenvalue weighted by atomic mass is 19.1. The lowest BCUT2D eigenvalue weighted by Gasteiger charge is -2.07. The number of rotatable bonds is 5. The quantitative estimate of drug-likeness (QED) is 0.860. The predicted octanol–water partition coefficient (Wildman–Crippen LogP) is 1.97. The lowest BCUT2D eigenvalue weighted by Crippen LogP contribution is -2.11. The topological polar surface area (TPSA) is 75.1 Å². The molecule has 0 saturated heterocycles. The van der Waals surface area contributed by atoms with Crippen molar-refractivity contribution in [3.63, 3.8) is 0 Å². The van der Waals surface area contributed by atoms with Crippen LogP contribution in [-0.2, 0) is 6.42 Å². The van der Waals surface area contributed by atoms with Gasteiger partial charge in [-0.05, 0) is 30.2 Å². The van der Waals surface area contributed by atoms with Crippen molar-refractivity contribution in [1.29, 1.82) is 0 Å². The number of aromatic nitrogens is 2. The predicted molar refractivity (Wildman–Crippen MR) is 67.6 cm³/mol. The summed E-state index contributed by atoms with van der Waals surface area (Å²) in [5.41, 5.74) is 1.03. The molecular formula is C13H12FN3O2. The monoisotopic (exact) mass is 261 g/mol. The molecule has 0 atom stereocenters. The van der Waals surface area contributed by atoms with Crippen LogP contribution in [0.4, 0.5) is 10.2 Å². The third-order valence-electron chi connectivity index (χ3n) is 2.57. The van der Waals surface area contributed by atoms with Gasteiger partial charge in [0.05, 0.1) is 6.20 Å². The van der Waals surface area contributed by atoms with Gasteiger partial charge in [-0.2, -0.15) is 5.10 Å². The number of nitrogens with one attached hydrogen (secondary N) is 1. The van der Waals surface area contributed by atoms with E-state index < -0.39 is 5.97 Å². The summed E-state index contributed by atoms with van der Waals surface area (Å²) in [6, 6.07) is 7.54.